The van der Waals surface area contributed by atoms with Crippen molar-refractivity contribution in [3.63, 3.8) is 0 Å². The van der Waals surface area contributed by atoms with Gasteiger partial charge in [0.05, 0.1) is 6.54 Å². The summed E-state index contributed by atoms with van der Waals surface area (Å²) in [6.45, 7) is 13.5. The molecule has 0 atom stereocenters. The normalized spacial score (nSPS) is 15.5. The number of rotatable bonds is 7. The first-order valence-corrected chi connectivity index (χ1v) is 9.71. The molecule has 1 fully saturated rings. The third kappa shape index (κ3) is 6.13. The summed E-state index contributed by atoms with van der Waals surface area (Å²) < 4.78 is 0. The van der Waals surface area contributed by atoms with Gasteiger partial charge >= 0.3 is 0 Å². The van der Waals surface area contributed by atoms with Gasteiger partial charge < -0.3 is 9.80 Å². The summed E-state index contributed by atoms with van der Waals surface area (Å²) in [5.41, 5.74) is 0.733. The lowest BCUT2D eigenvalue weighted by Gasteiger charge is -2.36. The van der Waals surface area contributed by atoms with Crippen molar-refractivity contribution < 1.29 is 9.59 Å². The van der Waals surface area contributed by atoms with E-state index in [0.29, 0.717) is 31.5 Å². The van der Waals surface area contributed by atoms with E-state index in [2.05, 4.69) is 32.6 Å². The molecule has 0 bridgehead atoms. The topological polar surface area (TPSA) is 43.9 Å². The number of hydrogen-bond acceptors (Lipinski definition) is 3. The molecule has 2 amide bonds. The van der Waals surface area contributed by atoms with Crippen LogP contribution >= 0.6 is 0 Å². The highest BCUT2D eigenvalue weighted by molar-refractivity contribution is 5.94. The fourth-order valence-corrected chi connectivity index (χ4v) is 3.32. The Kier molecular flexibility index (Phi) is 7.64. The van der Waals surface area contributed by atoms with Crippen LogP contribution in [0.2, 0.25) is 0 Å². The summed E-state index contributed by atoms with van der Waals surface area (Å²) in [5.74, 6) is 1.23. The molecule has 0 radical (unpaired) electrons. The van der Waals surface area contributed by atoms with Crippen LogP contribution in [0.15, 0.2) is 30.3 Å². The second kappa shape index (κ2) is 9.72. The number of amides is 2. The lowest BCUT2D eigenvalue weighted by atomic mass is 10.1. The highest BCUT2D eigenvalue weighted by atomic mass is 16.2. The molecular weight excluding hydrogens is 326 g/mol. The zero-order valence-electron chi connectivity index (χ0n) is 16.6. The van der Waals surface area contributed by atoms with Crippen molar-refractivity contribution in [1.29, 1.82) is 0 Å². The standard InChI is InChI=1S/C21H33N3O2/c1-17(2)14-24(15-18(3)4)20(25)16-22-10-12-23(13-11-22)21(26)19-8-6-5-7-9-19/h5-9,17-18H,10-16H2,1-4H3. The third-order valence-electron chi connectivity index (χ3n) is 4.56. The molecule has 26 heavy (non-hydrogen) atoms. The zero-order chi connectivity index (χ0) is 19.1. The second-order valence-corrected chi connectivity index (χ2v) is 8.02. The first kappa shape index (κ1) is 20.4. The van der Waals surface area contributed by atoms with Crippen LogP contribution < -0.4 is 0 Å². The van der Waals surface area contributed by atoms with Crippen molar-refractivity contribution in [2.45, 2.75) is 27.7 Å². The molecule has 1 aromatic carbocycles. The summed E-state index contributed by atoms with van der Waals surface area (Å²) in [6, 6.07) is 9.41. The molecule has 1 heterocycles. The van der Waals surface area contributed by atoms with Gasteiger partial charge in [-0.1, -0.05) is 45.9 Å². The van der Waals surface area contributed by atoms with Gasteiger partial charge in [0.2, 0.25) is 5.91 Å². The predicted octanol–water partition coefficient (Wildman–Crippen LogP) is 2.58. The maximum absolute atomic E-state index is 12.7. The van der Waals surface area contributed by atoms with E-state index in [4.69, 9.17) is 0 Å². The molecule has 0 aliphatic carbocycles. The summed E-state index contributed by atoms with van der Waals surface area (Å²) in [5, 5.41) is 0. The largest absolute Gasteiger partial charge is 0.341 e. The lowest BCUT2D eigenvalue weighted by molar-refractivity contribution is -0.133. The van der Waals surface area contributed by atoms with Crippen LogP contribution in [-0.2, 0) is 4.79 Å². The van der Waals surface area contributed by atoms with Gasteiger partial charge in [0.1, 0.15) is 0 Å². The van der Waals surface area contributed by atoms with Gasteiger partial charge in [-0.15, -0.1) is 0 Å². The summed E-state index contributed by atoms with van der Waals surface area (Å²) in [7, 11) is 0. The Labute approximate surface area is 158 Å². The van der Waals surface area contributed by atoms with Gasteiger partial charge in [-0.05, 0) is 24.0 Å². The molecule has 0 unspecified atom stereocenters. The quantitative estimate of drug-likeness (QED) is 0.752. The second-order valence-electron chi connectivity index (χ2n) is 8.02. The molecule has 1 aliphatic heterocycles. The van der Waals surface area contributed by atoms with Gasteiger partial charge in [0.15, 0.2) is 0 Å². The molecule has 0 N–H and O–H groups in total. The lowest BCUT2D eigenvalue weighted by Crippen LogP contribution is -2.52. The molecule has 1 aliphatic rings. The van der Waals surface area contributed by atoms with E-state index in [0.717, 1.165) is 31.7 Å². The number of benzene rings is 1. The smallest absolute Gasteiger partial charge is 0.253 e. The average molecular weight is 360 g/mol. The van der Waals surface area contributed by atoms with Crippen molar-refractivity contribution in [2.24, 2.45) is 11.8 Å². The minimum Gasteiger partial charge on any atom is -0.341 e. The first-order valence-electron chi connectivity index (χ1n) is 9.71. The van der Waals surface area contributed by atoms with Gasteiger partial charge in [0.25, 0.3) is 5.91 Å². The van der Waals surface area contributed by atoms with Crippen molar-refractivity contribution in [3.8, 4) is 0 Å². The zero-order valence-corrected chi connectivity index (χ0v) is 16.6. The van der Waals surface area contributed by atoms with Crippen LogP contribution in [-0.4, -0.2) is 72.3 Å². The van der Waals surface area contributed by atoms with Crippen LogP contribution in [0, 0.1) is 11.8 Å². The van der Waals surface area contributed by atoms with Crippen LogP contribution in [0.5, 0.6) is 0 Å². The molecule has 2 rings (SSSR count). The van der Waals surface area contributed by atoms with E-state index < -0.39 is 0 Å². The van der Waals surface area contributed by atoms with E-state index in [-0.39, 0.29) is 11.8 Å². The van der Waals surface area contributed by atoms with E-state index in [1.54, 1.807) is 0 Å². The van der Waals surface area contributed by atoms with Gasteiger partial charge in [-0.3, -0.25) is 14.5 Å². The van der Waals surface area contributed by atoms with Gasteiger partial charge in [-0.25, -0.2) is 0 Å². The van der Waals surface area contributed by atoms with Crippen molar-refractivity contribution in [3.05, 3.63) is 35.9 Å². The number of piperazine rings is 1. The summed E-state index contributed by atoms with van der Waals surface area (Å²) in [6.07, 6.45) is 0. The van der Waals surface area contributed by atoms with Crippen LogP contribution in [0.25, 0.3) is 0 Å². The first-order chi connectivity index (χ1) is 12.4. The summed E-state index contributed by atoms with van der Waals surface area (Å²) in [4.78, 5) is 31.3. The van der Waals surface area contributed by atoms with Crippen molar-refractivity contribution in [1.82, 2.24) is 14.7 Å². The van der Waals surface area contributed by atoms with Crippen molar-refractivity contribution in [2.75, 3.05) is 45.8 Å². The Bertz CT molecular complexity index is 568. The predicted molar refractivity (Wildman–Crippen MR) is 105 cm³/mol. The summed E-state index contributed by atoms with van der Waals surface area (Å²) >= 11 is 0. The Hall–Kier alpha value is -1.88. The van der Waals surface area contributed by atoms with Gasteiger partial charge in [-0.2, -0.15) is 0 Å². The third-order valence-corrected chi connectivity index (χ3v) is 4.56. The molecule has 5 nitrogen and oxygen atoms in total. The molecule has 144 valence electrons. The molecular formula is C21H33N3O2. The Balaban J connectivity index is 1.85. The Morgan fingerprint density at radius 1 is 0.923 bits per heavy atom. The highest BCUT2D eigenvalue weighted by Gasteiger charge is 2.25. The van der Waals surface area contributed by atoms with Crippen molar-refractivity contribution >= 4 is 11.8 Å². The maximum atomic E-state index is 12.7. The van der Waals surface area contributed by atoms with E-state index >= 15 is 0 Å². The molecule has 0 aromatic heterocycles. The Morgan fingerprint density at radius 3 is 1.96 bits per heavy atom. The number of nitrogens with zero attached hydrogens (tertiary/aromatic N) is 3. The number of hydrogen-bond donors (Lipinski definition) is 0. The molecule has 5 heteroatoms. The highest BCUT2D eigenvalue weighted by Crippen LogP contribution is 2.10. The number of carbonyl (C=O) groups excluding carboxylic acids is 2. The van der Waals surface area contributed by atoms with E-state index in [1.165, 1.54) is 0 Å². The number of carbonyl (C=O) groups is 2. The van der Waals surface area contributed by atoms with Gasteiger partial charge in [0, 0.05) is 44.8 Å². The average Bonchev–Trinajstić information content (AvgIpc) is 2.61. The molecule has 0 saturated carbocycles. The monoisotopic (exact) mass is 359 g/mol. The van der Waals surface area contributed by atoms with Crippen LogP contribution in [0.3, 0.4) is 0 Å². The van der Waals surface area contributed by atoms with Crippen LogP contribution in [0.1, 0.15) is 38.1 Å². The van der Waals surface area contributed by atoms with E-state index in [9.17, 15) is 9.59 Å². The molecule has 0 spiro atoms. The van der Waals surface area contributed by atoms with Crippen LogP contribution in [0.4, 0.5) is 0 Å². The fraction of sp³-hybridized carbons (Fsp3) is 0.619. The maximum Gasteiger partial charge on any atom is 0.253 e. The van der Waals surface area contributed by atoms with E-state index in [1.807, 2.05) is 40.1 Å². The molecule has 1 saturated heterocycles. The SMILES string of the molecule is CC(C)CN(CC(C)C)C(=O)CN1CCN(C(=O)c2ccccc2)CC1. The minimum atomic E-state index is 0.0813. The Morgan fingerprint density at radius 2 is 1.46 bits per heavy atom. The minimum absolute atomic E-state index is 0.0813. The fourth-order valence-electron chi connectivity index (χ4n) is 3.32. The molecule has 1 aromatic rings.